The first-order valence-electron chi connectivity index (χ1n) is 5.71. The van der Waals surface area contributed by atoms with Crippen LogP contribution in [0.5, 0.6) is 0 Å². The molecule has 0 atom stereocenters. The van der Waals surface area contributed by atoms with E-state index >= 15 is 0 Å². The molecule has 0 aliphatic heterocycles. The zero-order valence-corrected chi connectivity index (χ0v) is 11.9. The van der Waals surface area contributed by atoms with Crippen molar-refractivity contribution in [1.82, 2.24) is 20.1 Å². The van der Waals surface area contributed by atoms with Crippen LogP contribution >= 0.6 is 22.9 Å². The number of carbonyl (C=O) groups is 1. The van der Waals surface area contributed by atoms with Crippen molar-refractivity contribution in [2.75, 3.05) is 6.54 Å². The fourth-order valence-electron chi connectivity index (χ4n) is 1.47. The number of hydrogen-bond acceptors (Lipinski definition) is 4. The maximum Gasteiger partial charge on any atom is 0.244 e. The molecular formula is C12H13ClN4OS. The number of hydrogen-bond donors (Lipinski definition) is 1. The molecule has 2 heterocycles. The van der Waals surface area contributed by atoms with Crippen LogP contribution in [-0.4, -0.2) is 27.2 Å². The lowest BCUT2D eigenvalue weighted by molar-refractivity contribution is -0.116. The minimum atomic E-state index is -0.129. The van der Waals surface area contributed by atoms with E-state index in [1.54, 1.807) is 18.5 Å². The normalized spacial score (nSPS) is 11.1. The molecule has 0 aliphatic carbocycles. The highest BCUT2D eigenvalue weighted by Crippen LogP contribution is 2.22. The predicted octanol–water partition coefficient (Wildman–Crippen LogP) is 2.13. The molecule has 100 valence electrons. The number of aryl methyl sites for hydroxylation is 1. The van der Waals surface area contributed by atoms with Crippen molar-refractivity contribution in [3.8, 4) is 0 Å². The number of halogens is 1. The average Bonchev–Trinajstić information content (AvgIpc) is 2.96. The Morgan fingerprint density at radius 1 is 1.58 bits per heavy atom. The Labute approximate surface area is 119 Å². The zero-order chi connectivity index (χ0) is 13.7. The summed E-state index contributed by atoms with van der Waals surface area (Å²) in [7, 11) is 0. The second-order valence-corrected chi connectivity index (χ2v) is 5.58. The van der Waals surface area contributed by atoms with Gasteiger partial charge >= 0.3 is 0 Å². The molecule has 2 aromatic heterocycles. The third kappa shape index (κ3) is 4.18. The van der Waals surface area contributed by atoms with Crippen LogP contribution in [0.15, 0.2) is 24.5 Å². The van der Waals surface area contributed by atoms with Gasteiger partial charge < -0.3 is 9.88 Å². The third-order valence-electron chi connectivity index (χ3n) is 2.45. The highest BCUT2D eigenvalue weighted by atomic mass is 35.5. The van der Waals surface area contributed by atoms with E-state index in [4.69, 9.17) is 11.6 Å². The van der Waals surface area contributed by atoms with E-state index in [2.05, 4.69) is 15.5 Å². The standard InChI is InChI=1S/C12H13ClN4OS/c1-9-16-15-8-17(9)7-6-14-12(18)5-3-10-2-4-11(13)19-10/h2-5,8H,6-7H2,1H3,(H,14,18). The molecule has 0 unspecified atom stereocenters. The van der Waals surface area contributed by atoms with Gasteiger partial charge in [-0.3, -0.25) is 4.79 Å². The molecule has 0 fully saturated rings. The van der Waals surface area contributed by atoms with E-state index < -0.39 is 0 Å². The van der Waals surface area contributed by atoms with Crippen molar-refractivity contribution in [2.24, 2.45) is 0 Å². The fourth-order valence-corrected chi connectivity index (χ4v) is 2.43. The fraction of sp³-hybridized carbons (Fsp3) is 0.250. The largest absolute Gasteiger partial charge is 0.351 e. The summed E-state index contributed by atoms with van der Waals surface area (Å²) in [5.74, 6) is 0.702. The van der Waals surface area contributed by atoms with Gasteiger partial charge in [0.05, 0.1) is 4.34 Å². The first-order valence-corrected chi connectivity index (χ1v) is 6.90. The van der Waals surface area contributed by atoms with Gasteiger partial charge in [0.25, 0.3) is 0 Å². The maximum absolute atomic E-state index is 11.6. The monoisotopic (exact) mass is 296 g/mol. The number of aromatic nitrogens is 3. The summed E-state index contributed by atoms with van der Waals surface area (Å²) in [6.45, 7) is 3.06. The number of nitrogens with one attached hydrogen (secondary N) is 1. The van der Waals surface area contributed by atoms with Crippen LogP contribution in [-0.2, 0) is 11.3 Å². The van der Waals surface area contributed by atoms with E-state index in [1.165, 1.54) is 17.4 Å². The van der Waals surface area contributed by atoms with Gasteiger partial charge in [0.2, 0.25) is 5.91 Å². The third-order valence-corrected chi connectivity index (χ3v) is 3.65. The van der Waals surface area contributed by atoms with E-state index in [-0.39, 0.29) is 5.91 Å². The highest BCUT2D eigenvalue weighted by Gasteiger charge is 1.99. The number of carbonyl (C=O) groups excluding carboxylic acids is 1. The van der Waals surface area contributed by atoms with Gasteiger partial charge in [-0.2, -0.15) is 0 Å². The van der Waals surface area contributed by atoms with Crippen LogP contribution in [0.3, 0.4) is 0 Å². The van der Waals surface area contributed by atoms with Gasteiger partial charge in [-0.15, -0.1) is 21.5 Å². The lowest BCUT2D eigenvalue weighted by atomic mass is 10.4. The molecule has 5 nitrogen and oxygen atoms in total. The zero-order valence-electron chi connectivity index (χ0n) is 10.3. The van der Waals surface area contributed by atoms with Crippen molar-refractivity contribution < 1.29 is 4.79 Å². The summed E-state index contributed by atoms with van der Waals surface area (Å²) in [4.78, 5) is 12.5. The van der Waals surface area contributed by atoms with Gasteiger partial charge in [0, 0.05) is 24.0 Å². The second kappa shape index (κ2) is 6.49. The summed E-state index contributed by atoms with van der Waals surface area (Å²) in [5.41, 5.74) is 0. The summed E-state index contributed by atoms with van der Waals surface area (Å²) in [5, 5.41) is 10.4. The lowest BCUT2D eigenvalue weighted by Crippen LogP contribution is -2.25. The minimum Gasteiger partial charge on any atom is -0.351 e. The van der Waals surface area contributed by atoms with Gasteiger partial charge in [-0.25, -0.2) is 0 Å². The summed E-state index contributed by atoms with van der Waals surface area (Å²) >= 11 is 7.23. The number of rotatable bonds is 5. The average molecular weight is 297 g/mol. The molecule has 0 spiro atoms. The number of nitrogens with zero attached hydrogens (tertiary/aromatic N) is 3. The molecule has 0 saturated carbocycles. The van der Waals surface area contributed by atoms with E-state index in [0.717, 1.165) is 10.7 Å². The van der Waals surface area contributed by atoms with Gasteiger partial charge in [0.15, 0.2) is 0 Å². The highest BCUT2D eigenvalue weighted by molar-refractivity contribution is 7.17. The molecule has 2 rings (SSSR count). The molecule has 7 heteroatoms. The van der Waals surface area contributed by atoms with Crippen LogP contribution in [0.1, 0.15) is 10.7 Å². The van der Waals surface area contributed by atoms with Crippen molar-refractivity contribution in [3.05, 3.63) is 39.6 Å². The first-order chi connectivity index (χ1) is 9.15. The van der Waals surface area contributed by atoms with Crippen LogP contribution in [0.4, 0.5) is 0 Å². The Bertz CT molecular complexity index is 590. The Hall–Kier alpha value is -1.66. The van der Waals surface area contributed by atoms with E-state index in [9.17, 15) is 4.79 Å². The molecule has 19 heavy (non-hydrogen) atoms. The quantitative estimate of drug-likeness (QED) is 0.860. The van der Waals surface area contributed by atoms with Crippen LogP contribution in [0.25, 0.3) is 6.08 Å². The minimum absolute atomic E-state index is 0.129. The Morgan fingerprint density at radius 3 is 3.05 bits per heavy atom. The van der Waals surface area contributed by atoms with Crippen molar-refractivity contribution in [2.45, 2.75) is 13.5 Å². The smallest absolute Gasteiger partial charge is 0.244 e. The topological polar surface area (TPSA) is 59.8 Å². The summed E-state index contributed by atoms with van der Waals surface area (Å²) < 4.78 is 2.59. The Morgan fingerprint density at radius 2 is 2.42 bits per heavy atom. The molecule has 0 radical (unpaired) electrons. The SMILES string of the molecule is Cc1nncn1CCNC(=O)C=Cc1ccc(Cl)s1. The first kappa shape index (κ1) is 13.8. The Kier molecular flexibility index (Phi) is 4.70. The lowest BCUT2D eigenvalue weighted by Gasteiger charge is -2.04. The molecule has 0 aliphatic rings. The molecule has 0 saturated heterocycles. The Balaban J connectivity index is 1.76. The number of thiophene rings is 1. The van der Waals surface area contributed by atoms with E-state index in [0.29, 0.717) is 17.4 Å². The summed E-state index contributed by atoms with van der Waals surface area (Å²) in [6, 6.07) is 3.68. The van der Waals surface area contributed by atoms with Crippen molar-refractivity contribution in [3.63, 3.8) is 0 Å². The predicted molar refractivity (Wildman–Crippen MR) is 76.1 cm³/mol. The van der Waals surface area contributed by atoms with Crippen LogP contribution in [0, 0.1) is 6.92 Å². The van der Waals surface area contributed by atoms with Crippen LogP contribution in [0.2, 0.25) is 4.34 Å². The maximum atomic E-state index is 11.6. The molecule has 0 bridgehead atoms. The van der Waals surface area contributed by atoms with Crippen LogP contribution < -0.4 is 5.32 Å². The summed E-state index contributed by atoms with van der Waals surface area (Å²) in [6.07, 6.45) is 4.89. The molecular weight excluding hydrogens is 284 g/mol. The molecule has 1 N–H and O–H groups in total. The molecule has 0 aromatic carbocycles. The van der Waals surface area contributed by atoms with Crippen molar-refractivity contribution >= 4 is 34.9 Å². The number of amides is 1. The molecule has 2 aromatic rings. The van der Waals surface area contributed by atoms with Crippen molar-refractivity contribution in [1.29, 1.82) is 0 Å². The van der Waals surface area contributed by atoms with E-state index in [1.807, 2.05) is 17.6 Å². The molecule has 1 amide bonds. The van der Waals surface area contributed by atoms with Gasteiger partial charge in [0.1, 0.15) is 12.2 Å². The van der Waals surface area contributed by atoms with Gasteiger partial charge in [-0.1, -0.05) is 11.6 Å². The second-order valence-electron chi connectivity index (χ2n) is 3.84. The van der Waals surface area contributed by atoms with Gasteiger partial charge in [-0.05, 0) is 25.1 Å².